The van der Waals surface area contributed by atoms with Crippen molar-refractivity contribution in [3.8, 4) is 0 Å². The monoisotopic (exact) mass is 268 g/mol. The lowest BCUT2D eigenvalue weighted by Crippen LogP contribution is -2.21. The van der Waals surface area contributed by atoms with Crippen LogP contribution in [0.1, 0.15) is 25.8 Å². The third-order valence-electron chi connectivity index (χ3n) is 1.88. The summed E-state index contributed by atoms with van der Waals surface area (Å²) < 4.78 is 39.1. The predicted molar refractivity (Wildman–Crippen MR) is 56.9 cm³/mol. The highest BCUT2D eigenvalue weighted by Crippen LogP contribution is 2.13. The minimum Gasteiger partial charge on any atom is -0.475 e. The van der Waals surface area contributed by atoms with Crippen molar-refractivity contribution in [2.75, 3.05) is 6.61 Å². The van der Waals surface area contributed by atoms with Crippen LogP contribution in [0.3, 0.4) is 0 Å². The molecule has 18 heavy (non-hydrogen) atoms. The molecule has 0 saturated heterocycles. The standard InChI is InChI=1S/C8H14N2O.C2HF3O2/c1-4-11-7(2)8-9-5-6-10(8)3;3-2(4,5)1(6)7/h5-7H,4H2,1-3H3;(H,6,7). The quantitative estimate of drug-likeness (QED) is 0.912. The fourth-order valence-electron chi connectivity index (χ4n) is 1.09. The van der Waals surface area contributed by atoms with E-state index in [1.807, 2.05) is 31.7 Å². The Labute approximate surface area is 102 Å². The Morgan fingerprint density at radius 3 is 2.39 bits per heavy atom. The lowest BCUT2D eigenvalue weighted by Gasteiger charge is -2.10. The van der Waals surface area contributed by atoms with Gasteiger partial charge in [0, 0.05) is 26.0 Å². The molecule has 1 rings (SSSR count). The van der Waals surface area contributed by atoms with Crippen LogP contribution in [0.2, 0.25) is 0 Å². The summed E-state index contributed by atoms with van der Waals surface area (Å²) in [5, 5.41) is 7.12. The number of ether oxygens (including phenoxy) is 1. The highest BCUT2D eigenvalue weighted by Gasteiger charge is 2.38. The minimum absolute atomic E-state index is 0.0972. The highest BCUT2D eigenvalue weighted by atomic mass is 19.4. The fourth-order valence-corrected chi connectivity index (χ4v) is 1.09. The van der Waals surface area contributed by atoms with E-state index in [1.165, 1.54) is 0 Å². The van der Waals surface area contributed by atoms with Gasteiger partial charge in [-0.1, -0.05) is 0 Å². The first-order chi connectivity index (χ1) is 8.20. The number of alkyl halides is 3. The number of imidazole rings is 1. The largest absolute Gasteiger partial charge is 0.490 e. The molecule has 0 radical (unpaired) electrons. The Morgan fingerprint density at radius 1 is 1.61 bits per heavy atom. The third-order valence-corrected chi connectivity index (χ3v) is 1.88. The molecule has 0 bridgehead atoms. The average Bonchev–Trinajstić information content (AvgIpc) is 2.64. The number of carboxylic acid groups (broad SMARTS) is 1. The number of aryl methyl sites for hydroxylation is 1. The molecule has 1 aromatic rings. The summed E-state index contributed by atoms with van der Waals surface area (Å²) >= 11 is 0. The molecule has 1 unspecified atom stereocenters. The van der Waals surface area contributed by atoms with Crippen molar-refractivity contribution < 1.29 is 27.8 Å². The minimum atomic E-state index is -5.08. The summed E-state index contributed by atoms with van der Waals surface area (Å²) in [5.74, 6) is -1.78. The van der Waals surface area contributed by atoms with E-state index in [4.69, 9.17) is 14.6 Å². The van der Waals surface area contributed by atoms with E-state index in [1.54, 1.807) is 6.20 Å². The summed E-state index contributed by atoms with van der Waals surface area (Å²) in [5.41, 5.74) is 0. The molecule has 0 aliphatic heterocycles. The van der Waals surface area contributed by atoms with Gasteiger partial charge >= 0.3 is 12.1 Å². The van der Waals surface area contributed by atoms with Gasteiger partial charge in [0.25, 0.3) is 0 Å². The van der Waals surface area contributed by atoms with Gasteiger partial charge < -0.3 is 14.4 Å². The number of aromatic nitrogens is 2. The van der Waals surface area contributed by atoms with Gasteiger partial charge in [-0.2, -0.15) is 13.2 Å². The van der Waals surface area contributed by atoms with Gasteiger partial charge in [-0.25, -0.2) is 9.78 Å². The summed E-state index contributed by atoms with van der Waals surface area (Å²) in [6.07, 6.45) is -1.28. The molecule has 1 N–H and O–H groups in total. The van der Waals surface area contributed by atoms with Crippen LogP contribution in [0.5, 0.6) is 0 Å². The Kier molecular flexibility index (Phi) is 6.39. The maximum atomic E-state index is 10.6. The number of hydrogen-bond acceptors (Lipinski definition) is 3. The molecule has 0 aliphatic carbocycles. The number of halogens is 3. The molecule has 0 aliphatic rings. The summed E-state index contributed by atoms with van der Waals surface area (Å²) in [6, 6.07) is 0. The van der Waals surface area contributed by atoms with Crippen LogP contribution in [0.4, 0.5) is 13.2 Å². The molecule has 0 fully saturated rings. The number of carboxylic acids is 1. The maximum absolute atomic E-state index is 10.6. The maximum Gasteiger partial charge on any atom is 0.490 e. The molecule has 104 valence electrons. The van der Waals surface area contributed by atoms with Crippen molar-refractivity contribution in [2.45, 2.75) is 26.1 Å². The Morgan fingerprint density at radius 2 is 2.11 bits per heavy atom. The van der Waals surface area contributed by atoms with Crippen LogP contribution in [-0.2, 0) is 16.6 Å². The molecule has 0 saturated carbocycles. The summed E-state index contributed by atoms with van der Waals surface area (Å²) in [6.45, 7) is 4.72. The molecular formula is C10H15F3N2O3. The van der Waals surface area contributed by atoms with Crippen molar-refractivity contribution in [2.24, 2.45) is 7.05 Å². The van der Waals surface area contributed by atoms with Gasteiger partial charge in [-0.05, 0) is 13.8 Å². The van der Waals surface area contributed by atoms with Crippen molar-refractivity contribution in [1.29, 1.82) is 0 Å². The van der Waals surface area contributed by atoms with Crippen LogP contribution in [0.25, 0.3) is 0 Å². The zero-order chi connectivity index (χ0) is 14.3. The normalized spacial score (nSPS) is 12.6. The molecular weight excluding hydrogens is 253 g/mol. The van der Waals surface area contributed by atoms with E-state index in [9.17, 15) is 13.2 Å². The van der Waals surface area contributed by atoms with Gasteiger partial charge in [0.15, 0.2) is 0 Å². The van der Waals surface area contributed by atoms with Crippen molar-refractivity contribution in [1.82, 2.24) is 9.55 Å². The molecule has 0 aromatic carbocycles. The average molecular weight is 268 g/mol. The zero-order valence-corrected chi connectivity index (χ0v) is 10.2. The van der Waals surface area contributed by atoms with E-state index in [-0.39, 0.29) is 6.10 Å². The molecule has 1 atom stereocenters. The number of nitrogens with zero attached hydrogens (tertiary/aromatic N) is 2. The van der Waals surface area contributed by atoms with Crippen molar-refractivity contribution in [3.05, 3.63) is 18.2 Å². The summed E-state index contributed by atoms with van der Waals surface area (Å²) in [4.78, 5) is 13.1. The lowest BCUT2D eigenvalue weighted by atomic mass is 10.4. The second kappa shape index (κ2) is 7.00. The first-order valence-electron chi connectivity index (χ1n) is 5.09. The first-order valence-corrected chi connectivity index (χ1v) is 5.09. The number of aliphatic carboxylic acids is 1. The van der Waals surface area contributed by atoms with Crippen molar-refractivity contribution in [3.63, 3.8) is 0 Å². The second-order valence-electron chi connectivity index (χ2n) is 3.30. The van der Waals surface area contributed by atoms with E-state index in [2.05, 4.69) is 4.98 Å². The van der Waals surface area contributed by atoms with Gasteiger partial charge in [0.1, 0.15) is 11.9 Å². The molecule has 8 heteroatoms. The van der Waals surface area contributed by atoms with Gasteiger partial charge in [0.05, 0.1) is 0 Å². The van der Waals surface area contributed by atoms with Gasteiger partial charge in [0.2, 0.25) is 0 Å². The van der Waals surface area contributed by atoms with E-state index in [0.717, 1.165) is 12.4 Å². The first kappa shape index (κ1) is 16.4. The second-order valence-corrected chi connectivity index (χ2v) is 3.30. The third kappa shape index (κ3) is 5.67. The Bertz CT molecular complexity index is 377. The fraction of sp³-hybridized carbons (Fsp3) is 0.600. The topological polar surface area (TPSA) is 64.4 Å². The molecule has 0 spiro atoms. The number of hydrogen-bond donors (Lipinski definition) is 1. The molecule has 1 aromatic heterocycles. The molecule has 1 heterocycles. The molecule has 5 nitrogen and oxygen atoms in total. The van der Waals surface area contributed by atoms with Gasteiger partial charge in [-0.3, -0.25) is 0 Å². The SMILES string of the molecule is CCOC(C)c1nccn1C.O=C(O)C(F)(F)F. The Hall–Kier alpha value is -1.57. The van der Waals surface area contributed by atoms with Crippen molar-refractivity contribution >= 4 is 5.97 Å². The zero-order valence-electron chi connectivity index (χ0n) is 10.2. The Balaban J connectivity index is 0.000000360. The van der Waals surface area contributed by atoms with E-state index < -0.39 is 12.1 Å². The highest BCUT2D eigenvalue weighted by molar-refractivity contribution is 5.73. The predicted octanol–water partition coefficient (Wildman–Crippen LogP) is 2.15. The lowest BCUT2D eigenvalue weighted by molar-refractivity contribution is -0.192. The van der Waals surface area contributed by atoms with E-state index in [0.29, 0.717) is 0 Å². The van der Waals surface area contributed by atoms with Crippen LogP contribution >= 0.6 is 0 Å². The number of rotatable bonds is 3. The van der Waals surface area contributed by atoms with Crippen LogP contribution in [0, 0.1) is 0 Å². The van der Waals surface area contributed by atoms with Crippen LogP contribution in [0.15, 0.2) is 12.4 Å². The van der Waals surface area contributed by atoms with Crippen LogP contribution < -0.4 is 0 Å². The number of carbonyl (C=O) groups is 1. The smallest absolute Gasteiger partial charge is 0.475 e. The van der Waals surface area contributed by atoms with Gasteiger partial charge in [-0.15, -0.1) is 0 Å². The molecule has 0 amide bonds. The van der Waals surface area contributed by atoms with E-state index >= 15 is 0 Å². The van der Waals surface area contributed by atoms with Crippen LogP contribution in [-0.4, -0.2) is 33.4 Å². The summed E-state index contributed by atoms with van der Waals surface area (Å²) in [7, 11) is 1.97.